The third-order valence-corrected chi connectivity index (χ3v) is 2.86. The van der Waals surface area contributed by atoms with E-state index < -0.39 is 0 Å². The smallest absolute Gasteiger partial charge is 0.307 e. The minimum Gasteiger partial charge on any atom is -0.460 e. The number of carbonyl (C=O) groups excluding carboxylic acids is 1. The molecule has 0 rings (SSSR count). The predicted octanol–water partition coefficient (Wildman–Crippen LogP) is 2.89. The highest BCUT2D eigenvalue weighted by atomic mass is 16.6. The van der Waals surface area contributed by atoms with Crippen molar-refractivity contribution in [3.63, 3.8) is 0 Å². The Labute approximate surface area is 99.9 Å². The predicted molar refractivity (Wildman–Crippen MR) is 67.5 cm³/mol. The Hall–Kier alpha value is -0.570. The van der Waals surface area contributed by atoms with Crippen molar-refractivity contribution in [1.29, 1.82) is 0 Å². The van der Waals surface area contributed by atoms with Crippen molar-refractivity contribution in [3.05, 3.63) is 0 Å². The van der Waals surface area contributed by atoms with E-state index in [9.17, 15) is 4.79 Å². The monoisotopic (exact) mass is 229 g/mol. The van der Waals surface area contributed by atoms with Gasteiger partial charge in [-0.1, -0.05) is 13.8 Å². The van der Waals surface area contributed by atoms with E-state index in [1.165, 1.54) is 0 Å². The molecular weight excluding hydrogens is 202 g/mol. The summed E-state index contributed by atoms with van der Waals surface area (Å²) in [6, 6.07) is 0. The molecule has 0 saturated heterocycles. The highest BCUT2D eigenvalue weighted by Gasteiger charge is 2.20. The fourth-order valence-corrected chi connectivity index (χ4v) is 1.36. The summed E-state index contributed by atoms with van der Waals surface area (Å²) in [7, 11) is 0. The second kappa shape index (κ2) is 6.24. The van der Waals surface area contributed by atoms with Gasteiger partial charge in [0.1, 0.15) is 5.60 Å². The van der Waals surface area contributed by atoms with Gasteiger partial charge in [-0.25, -0.2) is 0 Å². The summed E-state index contributed by atoms with van der Waals surface area (Å²) in [5, 5.41) is 3.41. The Balaban J connectivity index is 3.86. The summed E-state index contributed by atoms with van der Waals surface area (Å²) < 4.78 is 5.24. The van der Waals surface area contributed by atoms with E-state index in [0.717, 1.165) is 12.8 Å². The molecule has 0 aliphatic carbocycles. The van der Waals surface area contributed by atoms with Crippen LogP contribution in [0.25, 0.3) is 0 Å². The van der Waals surface area contributed by atoms with Gasteiger partial charge in [0, 0.05) is 12.1 Å². The molecule has 0 heterocycles. The van der Waals surface area contributed by atoms with Crippen LogP contribution >= 0.6 is 0 Å². The van der Waals surface area contributed by atoms with Crippen molar-refractivity contribution in [2.24, 2.45) is 0 Å². The normalized spacial score (nSPS) is 12.6. The van der Waals surface area contributed by atoms with Gasteiger partial charge in [-0.2, -0.15) is 0 Å². The average Bonchev–Trinajstić information content (AvgIpc) is 2.14. The Kier molecular flexibility index (Phi) is 6.01. The Morgan fingerprint density at radius 2 is 1.62 bits per heavy atom. The van der Waals surface area contributed by atoms with Gasteiger partial charge in [-0.3, -0.25) is 4.79 Å². The molecule has 0 aromatic rings. The Morgan fingerprint density at radius 1 is 1.12 bits per heavy atom. The van der Waals surface area contributed by atoms with Crippen molar-refractivity contribution in [1.82, 2.24) is 5.32 Å². The zero-order valence-corrected chi connectivity index (χ0v) is 11.6. The van der Waals surface area contributed by atoms with E-state index in [2.05, 4.69) is 26.1 Å². The first kappa shape index (κ1) is 15.4. The van der Waals surface area contributed by atoms with E-state index in [-0.39, 0.29) is 17.1 Å². The zero-order valence-electron chi connectivity index (χ0n) is 11.6. The molecule has 0 unspecified atom stereocenters. The number of nitrogens with one attached hydrogen (secondary N) is 1. The summed E-state index contributed by atoms with van der Waals surface area (Å²) in [6.45, 7) is 12.9. The fraction of sp³-hybridized carbons (Fsp3) is 0.923. The molecule has 0 amide bonds. The van der Waals surface area contributed by atoms with Crippen LogP contribution in [0.2, 0.25) is 0 Å². The first-order valence-electron chi connectivity index (χ1n) is 6.19. The van der Waals surface area contributed by atoms with Crippen LogP contribution in [0, 0.1) is 0 Å². The molecule has 0 fully saturated rings. The molecular formula is C13H27NO2. The van der Waals surface area contributed by atoms with Crippen LogP contribution in [0.1, 0.15) is 60.8 Å². The lowest BCUT2D eigenvalue weighted by Gasteiger charge is -2.28. The van der Waals surface area contributed by atoms with Gasteiger partial charge >= 0.3 is 5.97 Å². The largest absolute Gasteiger partial charge is 0.460 e. The lowest BCUT2D eigenvalue weighted by Crippen LogP contribution is -2.42. The average molecular weight is 229 g/mol. The van der Waals surface area contributed by atoms with Gasteiger partial charge in [0.2, 0.25) is 0 Å². The van der Waals surface area contributed by atoms with E-state index in [1.54, 1.807) is 0 Å². The van der Waals surface area contributed by atoms with Crippen molar-refractivity contribution in [3.8, 4) is 0 Å². The molecule has 0 saturated carbocycles. The van der Waals surface area contributed by atoms with Crippen molar-refractivity contribution in [2.45, 2.75) is 71.9 Å². The van der Waals surface area contributed by atoms with Crippen LogP contribution in [0.5, 0.6) is 0 Å². The van der Waals surface area contributed by atoms with E-state index in [1.807, 2.05) is 20.8 Å². The number of ether oxygens (including phenoxy) is 1. The maximum atomic E-state index is 11.5. The first-order chi connectivity index (χ1) is 7.22. The molecule has 0 radical (unpaired) electrons. The van der Waals surface area contributed by atoms with E-state index in [4.69, 9.17) is 4.74 Å². The summed E-state index contributed by atoms with van der Waals surface area (Å²) in [5.74, 6) is -0.130. The van der Waals surface area contributed by atoms with Crippen LogP contribution in [0.15, 0.2) is 0 Å². The minimum absolute atomic E-state index is 0.130. The van der Waals surface area contributed by atoms with Gasteiger partial charge in [0.15, 0.2) is 0 Å². The van der Waals surface area contributed by atoms with Gasteiger partial charge in [-0.05, 0) is 40.5 Å². The highest BCUT2D eigenvalue weighted by molar-refractivity contribution is 5.70. The second-order valence-corrected chi connectivity index (χ2v) is 5.53. The van der Waals surface area contributed by atoms with Crippen molar-refractivity contribution >= 4 is 5.97 Å². The lowest BCUT2D eigenvalue weighted by molar-refractivity contribution is -0.154. The molecule has 3 nitrogen and oxygen atoms in total. The number of carbonyl (C=O) groups is 1. The lowest BCUT2D eigenvalue weighted by atomic mass is 9.95. The number of hydrogen-bond acceptors (Lipinski definition) is 3. The molecule has 0 aliphatic heterocycles. The zero-order chi connectivity index (χ0) is 12.8. The van der Waals surface area contributed by atoms with Crippen LogP contribution in [-0.4, -0.2) is 23.7 Å². The quantitative estimate of drug-likeness (QED) is 0.712. The summed E-state index contributed by atoms with van der Waals surface area (Å²) in [6.07, 6.45) is 2.57. The number of hydrogen-bond donors (Lipinski definition) is 1. The van der Waals surface area contributed by atoms with Crippen molar-refractivity contribution in [2.75, 3.05) is 6.54 Å². The second-order valence-electron chi connectivity index (χ2n) is 5.53. The summed E-state index contributed by atoms with van der Waals surface area (Å²) in [4.78, 5) is 11.5. The molecule has 16 heavy (non-hydrogen) atoms. The maximum absolute atomic E-state index is 11.5. The standard InChI is InChI=1S/C13H27NO2/c1-7-13(6,8-2)14-10-9-11(15)16-12(3,4)5/h14H,7-10H2,1-6H3. The van der Waals surface area contributed by atoms with Gasteiger partial charge < -0.3 is 10.1 Å². The molecule has 0 aliphatic rings. The van der Waals surface area contributed by atoms with Gasteiger partial charge in [0.05, 0.1) is 6.42 Å². The summed E-state index contributed by atoms with van der Waals surface area (Å²) in [5.41, 5.74) is -0.238. The number of esters is 1. The van der Waals surface area contributed by atoms with E-state index in [0.29, 0.717) is 13.0 Å². The molecule has 3 heteroatoms. The molecule has 0 aromatic carbocycles. The third kappa shape index (κ3) is 6.83. The number of rotatable bonds is 6. The van der Waals surface area contributed by atoms with Crippen LogP contribution in [0.4, 0.5) is 0 Å². The Morgan fingerprint density at radius 3 is 2.00 bits per heavy atom. The fourth-order valence-electron chi connectivity index (χ4n) is 1.36. The molecule has 96 valence electrons. The minimum atomic E-state index is -0.379. The van der Waals surface area contributed by atoms with Gasteiger partial charge in [-0.15, -0.1) is 0 Å². The Bertz CT molecular complexity index is 214. The van der Waals surface area contributed by atoms with Crippen LogP contribution in [0.3, 0.4) is 0 Å². The summed E-state index contributed by atoms with van der Waals surface area (Å²) >= 11 is 0. The third-order valence-electron chi connectivity index (χ3n) is 2.86. The van der Waals surface area contributed by atoms with Crippen LogP contribution in [-0.2, 0) is 9.53 Å². The molecule has 0 spiro atoms. The van der Waals surface area contributed by atoms with E-state index >= 15 is 0 Å². The maximum Gasteiger partial charge on any atom is 0.307 e. The molecule has 0 bridgehead atoms. The first-order valence-corrected chi connectivity index (χ1v) is 6.19. The van der Waals surface area contributed by atoms with Crippen molar-refractivity contribution < 1.29 is 9.53 Å². The molecule has 1 N–H and O–H groups in total. The molecule has 0 atom stereocenters. The SMILES string of the molecule is CCC(C)(CC)NCCC(=O)OC(C)(C)C. The van der Waals surface area contributed by atoms with Crippen LogP contribution < -0.4 is 5.32 Å². The topological polar surface area (TPSA) is 38.3 Å². The van der Waals surface area contributed by atoms with Gasteiger partial charge in [0.25, 0.3) is 0 Å². The molecule has 0 aromatic heterocycles. The highest BCUT2D eigenvalue weighted by Crippen LogP contribution is 2.13.